The summed E-state index contributed by atoms with van der Waals surface area (Å²) in [6, 6.07) is 40.3. The first kappa shape index (κ1) is 31.8. The van der Waals surface area contributed by atoms with Gasteiger partial charge < -0.3 is 20.7 Å². The van der Waals surface area contributed by atoms with Crippen LogP contribution in [0.5, 0.6) is 5.75 Å². The molecule has 0 aromatic heterocycles. The van der Waals surface area contributed by atoms with Crippen LogP contribution in [0.1, 0.15) is 32.3 Å². The maximum Gasteiger partial charge on any atom is 0.272 e. The fraction of sp³-hybridized carbons (Fsp3) is 0.0789. The topological polar surface area (TPSA) is 96.5 Å². The Labute approximate surface area is 272 Å². The van der Waals surface area contributed by atoms with Crippen molar-refractivity contribution in [3.8, 4) is 5.75 Å². The molecule has 0 fully saturated rings. The predicted octanol–water partition coefficient (Wildman–Crippen LogP) is 7.89. The zero-order valence-electron chi connectivity index (χ0n) is 25.4. The van der Waals surface area contributed by atoms with Gasteiger partial charge in [0.2, 0.25) is 5.91 Å². The first-order chi connectivity index (χ1) is 22.4. The molecule has 8 heteroatoms. The van der Waals surface area contributed by atoms with Gasteiger partial charge in [-0.3, -0.25) is 14.4 Å². The molecule has 0 aliphatic carbocycles. The van der Waals surface area contributed by atoms with E-state index in [2.05, 4.69) is 16.0 Å². The van der Waals surface area contributed by atoms with Gasteiger partial charge in [0.25, 0.3) is 11.8 Å². The van der Waals surface area contributed by atoms with Crippen LogP contribution in [0.3, 0.4) is 0 Å². The zero-order valence-corrected chi connectivity index (χ0v) is 26.2. The maximum atomic E-state index is 13.6. The average molecular weight is 628 g/mol. The number of ether oxygens (including phenoxy) is 1. The maximum absolute atomic E-state index is 13.6. The van der Waals surface area contributed by atoms with E-state index in [9.17, 15) is 14.4 Å². The second-order valence-corrected chi connectivity index (χ2v) is 11.6. The molecular formula is C38H33N3O4S. The molecule has 230 valence electrons. The van der Waals surface area contributed by atoms with E-state index in [1.807, 2.05) is 85.8 Å². The third kappa shape index (κ3) is 8.74. The molecule has 5 aromatic rings. The first-order valence-electron chi connectivity index (χ1n) is 14.6. The van der Waals surface area contributed by atoms with Crippen LogP contribution in [0, 0.1) is 6.92 Å². The molecule has 0 aliphatic rings. The summed E-state index contributed by atoms with van der Waals surface area (Å²) in [4.78, 5) is 41.0. The number of anilines is 2. The van der Waals surface area contributed by atoms with Crippen molar-refractivity contribution in [2.75, 3.05) is 17.7 Å². The van der Waals surface area contributed by atoms with Gasteiger partial charge in [0.1, 0.15) is 16.7 Å². The van der Waals surface area contributed by atoms with Crippen molar-refractivity contribution < 1.29 is 19.1 Å². The van der Waals surface area contributed by atoms with Gasteiger partial charge in [0, 0.05) is 21.8 Å². The van der Waals surface area contributed by atoms with Crippen molar-refractivity contribution in [2.45, 2.75) is 17.1 Å². The molecule has 3 N–H and O–H groups in total. The van der Waals surface area contributed by atoms with Crippen molar-refractivity contribution >= 4 is 46.9 Å². The largest absolute Gasteiger partial charge is 0.497 e. The number of amides is 3. The molecule has 3 amide bonds. The number of carbonyl (C=O) groups excluding carboxylic acids is 3. The highest BCUT2D eigenvalue weighted by molar-refractivity contribution is 8.00. The smallest absolute Gasteiger partial charge is 0.272 e. The van der Waals surface area contributed by atoms with Crippen LogP contribution < -0.4 is 20.7 Å². The van der Waals surface area contributed by atoms with Crippen LogP contribution in [0.25, 0.3) is 6.08 Å². The highest BCUT2D eigenvalue weighted by atomic mass is 32.2. The van der Waals surface area contributed by atoms with Crippen LogP contribution >= 0.6 is 11.8 Å². The molecule has 0 radical (unpaired) electrons. The van der Waals surface area contributed by atoms with Gasteiger partial charge in [0.05, 0.1) is 7.11 Å². The first-order valence-corrected chi connectivity index (χ1v) is 15.5. The Hall–Kier alpha value is -5.60. The van der Waals surface area contributed by atoms with Crippen molar-refractivity contribution in [1.29, 1.82) is 0 Å². The summed E-state index contributed by atoms with van der Waals surface area (Å²) in [5, 5.41) is 8.13. The molecule has 5 rings (SSSR count). The summed E-state index contributed by atoms with van der Waals surface area (Å²) in [5.74, 6) is -0.373. The third-order valence-electron chi connectivity index (χ3n) is 6.93. The summed E-state index contributed by atoms with van der Waals surface area (Å²) in [7, 11) is 1.59. The predicted molar refractivity (Wildman–Crippen MR) is 185 cm³/mol. The molecule has 0 spiro atoms. The molecule has 46 heavy (non-hydrogen) atoms. The van der Waals surface area contributed by atoms with Gasteiger partial charge in [0.15, 0.2) is 0 Å². The second kappa shape index (κ2) is 15.4. The monoisotopic (exact) mass is 627 g/mol. The average Bonchev–Trinajstić information content (AvgIpc) is 3.08. The summed E-state index contributed by atoms with van der Waals surface area (Å²) in [6.45, 7) is 1.96. The lowest BCUT2D eigenvalue weighted by Gasteiger charge is -2.18. The number of aryl methyl sites for hydroxylation is 1. The fourth-order valence-corrected chi connectivity index (χ4v) is 5.72. The number of hydrogen-bond donors (Lipinski definition) is 3. The number of benzene rings is 5. The summed E-state index contributed by atoms with van der Waals surface area (Å²) in [5.41, 5.74) is 4.33. The highest BCUT2D eigenvalue weighted by Gasteiger charge is 2.23. The van der Waals surface area contributed by atoms with Gasteiger partial charge in [-0.25, -0.2) is 0 Å². The Morgan fingerprint density at radius 1 is 0.717 bits per heavy atom. The van der Waals surface area contributed by atoms with E-state index in [1.54, 1.807) is 67.8 Å². The fourth-order valence-electron chi connectivity index (χ4n) is 4.63. The standard InChI is InChI=1S/C38H33N3O4S/c1-26-11-9-12-27(23-26)24-34(41-36(42)29-15-7-4-8-16-29)37(43)40-31-17-10-18-33(25-31)46-35(28-13-5-3-6-14-28)38(44)39-30-19-21-32(45-2)22-20-30/h3-25,35H,1-2H3,(H,39,44)(H,40,43)(H,41,42)/b34-24+. The van der Waals surface area contributed by atoms with E-state index in [0.29, 0.717) is 22.7 Å². The van der Waals surface area contributed by atoms with E-state index in [4.69, 9.17) is 4.74 Å². The minimum absolute atomic E-state index is 0.0959. The molecule has 0 bridgehead atoms. The molecule has 0 heterocycles. The molecule has 0 saturated heterocycles. The highest BCUT2D eigenvalue weighted by Crippen LogP contribution is 2.37. The third-order valence-corrected chi connectivity index (χ3v) is 8.17. The Morgan fingerprint density at radius 2 is 1.41 bits per heavy atom. The van der Waals surface area contributed by atoms with Crippen LogP contribution in [-0.4, -0.2) is 24.8 Å². The minimum atomic E-state index is -0.573. The molecular weight excluding hydrogens is 595 g/mol. The Balaban J connectivity index is 1.36. The van der Waals surface area contributed by atoms with E-state index >= 15 is 0 Å². The quantitative estimate of drug-likeness (QED) is 0.102. The van der Waals surface area contributed by atoms with Crippen LogP contribution in [0.2, 0.25) is 0 Å². The van der Waals surface area contributed by atoms with Gasteiger partial charge in [-0.2, -0.15) is 0 Å². The van der Waals surface area contributed by atoms with Gasteiger partial charge in [-0.15, -0.1) is 11.8 Å². The normalized spacial score (nSPS) is 11.7. The van der Waals surface area contributed by atoms with Crippen molar-refractivity contribution in [1.82, 2.24) is 5.32 Å². The van der Waals surface area contributed by atoms with Crippen LogP contribution in [-0.2, 0) is 9.59 Å². The number of carbonyl (C=O) groups is 3. The van der Waals surface area contributed by atoms with E-state index in [-0.39, 0.29) is 11.6 Å². The summed E-state index contributed by atoms with van der Waals surface area (Å²) >= 11 is 1.37. The van der Waals surface area contributed by atoms with E-state index in [1.165, 1.54) is 11.8 Å². The Morgan fingerprint density at radius 3 is 2.11 bits per heavy atom. The lowest BCUT2D eigenvalue weighted by Crippen LogP contribution is -2.30. The van der Waals surface area contributed by atoms with Gasteiger partial charge in [-0.05, 0) is 78.7 Å². The Bertz CT molecular complexity index is 1840. The van der Waals surface area contributed by atoms with Crippen LogP contribution in [0.4, 0.5) is 11.4 Å². The van der Waals surface area contributed by atoms with Crippen molar-refractivity contribution in [3.05, 3.63) is 161 Å². The minimum Gasteiger partial charge on any atom is -0.497 e. The Kier molecular flexibility index (Phi) is 10.7. The zero-order chi connectivity index (χ0) is 32.3. The lowest BCUT2D eigenvalue weighted by molar-refractivity contribution is -0.116. The second-order valence-electron chi connectivity index (χ2n) is 10.4. The molecule has 1 atom stereocenters. The van der Waals surface area contributed by atoms with E-state index < -0.39 is 17.1 Å². The number of methoxy groups -OCH3 is 1. The van der Waals surface area contributed by atoms with E-state index in [0.717, 1.165) is 21.6 Å². The molecule has 5 aromatic carbocycles. The number of thioether (sulfide) groups is 1. The molecule has 0 aliphatic heterocycles. The van der Waals surface area contributed by atoms with Crippen molar-refractivity contribution in [2.24, 2.45) is 0 Å². The number of hydrogen-bond acceptors (Lipinski definition) is 5. The summed E-state index contributed by atoms with van der Waals surface area (Å²) < 4.78 is 5.23. The number of nitrogens with one attached hydrogen (secondary N) is 3. The molecule has 1 unspecified atom stereocenters. The van der Waals surface area contributed by atoms with Crippen LogP contribution in [0.15, 0.2) is 144 Å². The molecule has 0 saturated carbocycles. The molecule has 7 nitrogen and oxygen atoms in total. The SMILES string of the molecule is COc1ccc(NC(=O)C(Sc2cccc(NC(=O)/C(=C\c3cccc(C)c3)NC(=O)c3ccccc3)c2)c2ccccc2)cc1. The van der Waals surface area contributed by atoms with Crippen molar-refractivity contribution in [3.63, 3.8) is 0 Å². The summed E-state index contributed by atoms with van der Waals surface area (Å²) in [6.07, 6.45) is 1.65. The number of rotatable bonds is 11. The van der Waals surface area contributed by atoms with Gasteiger partial charge >= 0.3 is 0 Å². The lowest BCUT2D eigenvalue weighted by atomic mass is 10.1. The van der Waals surface area contributed by atoms with Gasteiger partial charge in [-0.1, -0.05) is 84.4 Å².